The number of methoxy groups -OCH3 is 2. The zero-order valence-corrected chi connectivity index (χ0v) is 13.2. The average molecular weight is 339 g/mol. The van der Waals surface area contributed by atoms with E-state index < -0.39 is 0 Å². The van der Waals surface area contributed by atoms with Gasteiger partial charge in [0.2, 0.25) is 0 Å². The van der Waals surface area contributed by atoms with Crippen LogP contribution in [0.15, 0.2) is 48.5 Å². The number of rotatable bonds is 5. The molecule has 0 aliphatic rings. The van der Waals surface area contributed by atoms with Crippen LogP contribution in [-0.2, 0) is 0 Å². The van der Waals surface area contributed by atoms with Gasteiger partial charge in [0.1, 0.15) is 11.5 Å². The Labute approximate surface area is 125 Å². The molecule has 0 aliphatic heterocycles. The Kier molecular flexibility index (Phi) is 5.16. The summed E-state index contributed by atoms with van der Waals surface area (Å²) >= 11 is 3.51. The van der Waals surface area contributed by atoms with Gasteiger partial charge in [-0.1, -0.05) is 34.5 Å². The van der Waals surface area contributed by atoms with E-state index in [0.29, 0.717) is 0 Å². The van der Waals surface area contributed by atoms with Gasteiger partial charge in [-0.3, -0.25) is 0 Å². The standard InChI is InChI=1S/C15H15BrO2S/c1-17-13-7-3-11(4-8-13)15(19-16)12-5-9-14(18-2)10-6-12/h3-10,15H,1-2H3. The number of hydrogen-bond acceptors (Lipinski definition) is 3. The van der Waals surface area contributed by atoms with Crippen molar-refractivity contribution in [2.45, 2.75) is 5.25 Å². The van der Waals surface area contributed by atoms with E-state index in [4.69, 9.17) is 9.47 Å². The van der Waals surface area contributed by atoms with Crippen LogP contribution in [-0.4, -0.2) is 14.2 Å². The van der Waals surface area contributed by atoms with Crippen LogP contribution < -0.4 is 9.47 Å². The predicted octanol–water partition coefficient (Wildman–Crippen LogP) is 4.84. The lowest BCUT2D eigenvalue weighted by Crippen LogP contribution is -1.95. The second-order valence-electron chi connectivity index (χ2n) is 4.02. The highest BCUT2D eigenvalue weighted by molar-refractivity contribution is 9.50. The van der Waals surface area contributed by atoms with Crippen molar-refractivity contribution < 1.29 is 9.47 Å². The average Bonchev–Trinajstić information content (AvgIpc) is 2.49. The van der Waals surface area contributed by atoms with Crippen LogP contribution in [0.5, 0.6) is 11.5 Å². The summed E-state index contributed by atoms with van der Waals surface area (Å²) in [6, 6.07) is 16.3. The SMILES string of the molecule is COc1ccc(C(SBr)c2ccc(OC)cc2)cc1. The molecule has 0 unspecified atom stereocenters. The molecule has 0 bridgehead atoms. The van der Waals surface area contributed by atoms with E-state index in [9.17, 15) is 0 Å². The van der Waals surface area contributed by atoms with Crippen molar-refractivity contribution >= 4 is 25.0 Å². The third kappa shape index (κ3) is 3.45. The summed E-state index contributed by atoms with van der Waals surface area (Å²) < 4.78 is 10.4. The number of ether oxygens (including phenoxy) is 2. The first-order valence-corrected chi connectivity index (χ1v) is 8.56. The molecule has 0 aliphatic carbocycles. The maximum Gasteiger partial charge on any atom is 0.118 e. The van der Waals surface area contributed by atoms with Gasteiger partial charge in [0.15, 0.2) is 0 Å². The lowest BCUT2D eigenvalue weighted by Gasteiger charge is -2.15. The molecular formula is C15H15BrO2S. The lowest BCUT2D eigenvalue weighted by molar-refractivity contribution is 0.414. The van der Waals surface area contributed by atoms with Crippen LogP contribution in [0.4, 0.5) is 0 Å². The van der Waals surface area contributed by atoms with E-state index >= 15 is 0 Å². The van der Waals surface area contributed by atoms with Gasteiger partial charge in [-0.15, -0.1) is 0 Å². The minimum Gasteiger partial charge on any atom is -0.497 e. The quantitative estimate of drug-likeness (QED) is 0.777. The largest absolute Gasteiger partial charge is 0.497 e. The molecule has 0 radical (unpaired) electrons. The molecule has 2 aromatic carbocycles. The van der Waals surface area contributed by atoms with Gasteiger partial charge in [0.05, 0.1) is 19.5 Å². The van der Waals surface area contributed by atoms with Crippen LogP contribution in [0.3, 0.4) is 0 Å². The fraction of sp³-hybridized carbons (Fsp3) is 0.200. The van der Waals surface area contributed by atoms with E-state index in [1.54, 1.807) is 24.4 Å². The molecule has 0 saturated carbocycles. The first-order chi connectivity index (χ1) is 9.28. The molecule has 0 atom stereocenters. The summed E-state index contributed by atoms with van der Waals surface area (Å²) in [5.41, 5.74) is 2.46. The Morgan fingerprint density at radius 2 is 1.16 bits per heavy atom. The van der Waals surface area contributed by atoms with Crippen LogP contribution >= 0.6 is 25.0 Å². The summed E-state index contributed by atoms with van der Waals surface area (Å²) in [6.45, 7) is 0. The van der Waals surface area contributed by atoms with Crippen molar-refractivity contribution in [1.82, 2.24) is 0 Å². The highest BCUT2D eigenvalue weighted by atomic mass is 79.9. The molecule has 0 amide bonds. The van der Waals surface area contributed by atoms with E-state index in [1.807, 2.05) is 24.3 Å². The summed E-state index contributed by atoms with van der Waals surface area (Å²) in [6.07, 6.45) is 0. The van der Waals surface area contributed by atoms with Gasteiger partial charge < -0.3 is 9.47 Å². The third-order valence-electron chi connectivity index (χ3n) is 2.93. The highest BCUT2D eigenvalue weighted by Gasteiger charge is 2.13. The van der Waals surface area contributed by atoms with Crippen LogP contribution in [0.25, 0.3) is 0 Å². The molecule has 0 aromatic heterocycles. The molecule has 0 saturated heterocycles. The Morgan fingerprint density at radius 3 is 1.42 bits per heavy atom. The minimum atomic E-state index is 0.247. The zero-order valence-electron chi connectivity index (χ0n) is 10.8. The molecule has 4 heteroatoms. The molecule has 0 heterocycles. The second-order valence-corrected chi connectivity index (χ2v) is 5.79. The molecule has 0 fully saturated rings. The van der Waals surface area contributed by atoms with Crippen molar-refractivity contribution in [3.63, 3.8) is 0 Å². The summed E-state index contributed by atoms with van der Waals surface area (Å²) in [4.78, 5) is 0. The molecule has 2 nitrogen and oxygen atoms in total. The Morgan fingerprint density at radius 1 is 0.789 bits per heavy atom. The smallest absolute Gasteiger partial charge is 0.118 e. The van der Waals surface area contributed by atoms with Gasteiger partial charge in [-0.05, 0) is 50.2 Å². The van der Waals surface area contributed by atoms with E-state index in [1.165, 1.54) is 11.1 Å². The summed E-state index contributed by atoms with van der Waals surface area (Å²) in [5.74, 6) is 1.74. The van der Waals surface area contributed by atoms with Gasteiger partial charge >= 0.3 is 0 Å². The molecular weight excluding hydrogens is 324 g/mol. The monoisotopic (exact) mass is 338 g/mol. The first kappa shape index (κ1) is 14.3. The molecule has 100 valence electrons. The normalized spacial score (nSPS) is 10.5. The fourth-order valence-electron chi connectivity index (χ4n) is 1.85. The maximum absolute atomic E-state index is 5.18. The first-order valence-electron chi connectivity index (χ1n) is 5.83. The Bertz CT molecular complexity index is 463. The van der Waals surface area contributed by atoms with Gasteiger partial charge in [-0.2, -0.15) is 0 Å². The molecule has 2 rings (SSSR count). The molecule has 0 spiro atoms. The van der Waals surface area contributed by atoms with Crippen molar-refractivity contribution in [3.8, 4) is 11.5 Å². The fourth-order valence-corrected chi connectivity index (χ4v) is 3.67. The lowest BCUT2D eigenvalue weighted by atomic mass is 10.0. The van der Waals surface area contributed by atoms with Crippen molar-refractivity contribution in [2.24, 2.45) is 0 Å². The van der Waals surface area contributed by atoms with Gasteiger partial charge in [0.25, 0.3) is 0 Å². The number of halogens is 1. The molecule has 19 heavy (non-hydrogen) atoms. The topological polar surface area (TPSA) is 18.5 Å². The molecule has 0 N–H and O–H groups in total. The number of benzene rings is 2. The minimum absolute atomic E-state index is 0.247. The number of hydrogen-bond donors (Lipinski definition) is 0. The zero-order chi connectivity index (χ0) is 13.7. The highest BCUT2D eigenvalue weighted by Crippen LogP contribution is 2.40. The van der Waals surface area contributed by atoms with Gasteiger partial charge in [0, 0.05) is 0 Å². The van der Waals surface area contributed by atoms with Crippen molar-refractivity contribution in [2.75, 3.05) is 14.2 Å². The van der Waals surface area contributed by atoms with Crippen LogP contribution in [0.1, 0.15) is 16.4 Å². The van der Waals surface area contributed by atoms with Crippen LogP contribution in [0, 0.1) is 0 Å². The van der Waals surface area contributed by atoms with E-state index in [0.717, 1.165) is 11.5 Å². The van der Waals surface area contributed by atoms with Crippen molar-refractivity contribution in [1.29, 1.82) is 0 Å². The summed E-state index contributed by atoms with van der Waals surface area (Å²) in [5, 5.41) is 0.247. The third-order valence-corrected chi connectivity index (χ3v) is 4.77. The Hall–Kier alpha value is -1.13. The van der Waals surface area contributed by atoms with Crippen molar-refractivity contribution in [3.05, 3.63) is 59.7 Å². The van der Waals surface area contributed by atoms with E-state index in [-0.39, 0.29) is 5.25 Å². The predicted molar refractivity (Wildman–Crippen MR) is 84.3 cm³/mol. The van der Waals surface area contributed by atoms with E-state index in [2.05, 4.69) is 39.1 Å². The van der Waals surface area contributed by atoms with Gasteiger partial charge in [-0.25, -0.2) is 0 Å². The maximum atomic E-state index is 5.18. The molecule has 2 aromatic rings. The second kappa shape index (κ2) is 6.87. The summed E-state index contributed by atoms with van der Waals surface area (Å²) in [7, 11) is 4.99. The van der Waals surface area contributed by atoms with Crippen LogP contribution in [0.2, 0.25) is 0 Å². The Balaban J connectivity index is 2.26.